The first-order valence-corrected chi connectivity index (χ1v) is 7.04. The van der Waals surface area contributed by atoms with Crippen molar-refractivity contribution >= 4 is 9.84 Å². The van der Waals surface area contributed by atoms with Gasteiger partial charge in [0.15, 0.2) is 9.84 Å². The Morgan fingerprint density at radius 3 is 2.47 bits per heavy atom. The molecule has 5 heteroatoms. The van der Waals surface area contributed by atoms with Crippen molar-refractivity contribution in [2.45, 2.75) is 36.5 Å². The van der Waals surface area contributed by atoms with E-state index < -0.39 is 21.2 Å². The van der Waals surface area contributed by atoms with Gasteiger partial charge in [0.05, 0.1) is 18.5 Å². The Kier molecular flexibility index (Phi) is 4.54. The molecule has 1 N–H and O–H groups in total. The van der Waals surface area contributed by atoms with E-state index in [1.807, 2.05) is 0 Å². The van der Waals surface area contributed by atoms with Crippen LogP contribution < -0.4 is 4.74 Å². The van der Waals surface area contributed by atoms with Gasteiger partial charge in [0, 0.05) is 0 Å². The maximum absolute atomic E-state index is 12.3. The van der Waals surface area contributed by atoms with E-state index in [2.05, 4.69) is 0 Å². The van der Waals surface area contributed by atoms with Crippen LogP contribution in [0.1, 0.15) is 20.3 Å². The monoisotopic (exact) mass is 258 g/mol. The maximum atomic E-state index is 12.3. The third-order valence-electron chi connectivity index (χ3n) is 2.83. The van der Waals surface area contributed by atoms with Gasteiger partial charge in [-0.2, -0.15) is 0 Å². The van der Waals surface area contributed by atoms with Gasteiger partial charge in [-0.15, -0.1) is 0 Å². The summed E-state index contributed by atoms with van der Waals surface area (Å²) in [6.07, 6.45) is -0.472. The molecule has 96 valence electrons. The maximum Gasteiger partial charge on any atom is 0.187 e. The van der Waals surface area contributed by atoms with Crippen LogP contribution in [0.25, 0.3) is 0 Å². The average molecular weight is 258 g/mol. The lowest BCUT2D eigenvalue weighted by molar-refractivity contribution is 0.168. The van der Waals surface area contributed by atoms with E-state index in [0.29, 0.717) is 12.2 Å². The molecule has 0 radical (unpaired) electrons. The van der Waals surface area contributed by atoms with E-state index in [0.717, 1.165) is 0 Å². The summed E-state index contributed by atoms with van der Waals surface area (Å²) >= 11 is 0. The number of para-hydroxylation sites is 1. The number of methoxy groups -OCH3 is 1. The van der Waals surface area contributed by atoms with Crippen molar-refractivity contribution in [3.8, 4) is 5.75 Å². The summed E-state index contributed by atoms with van der Waals surface area (Å²) in [6, 6.07) is 6.43. The smallest absolute Gasteiger partial charge is 0.187 e. The quantitative estimate of drug-likeness (QED) is 0.872. The van der Waals surface area contributed by atoms with Gasteiger partial charge >= 0.3 is 0 Å². The van der Waals surface area contributed by atoms with E-state index in [9.17, 15) is 13.5 Å². The molecule has 0 heterocycles. The molecule has 0 aliphatic rings. The Balaban J connectivity index is 3.22. The van der Waals surface area contributed by atoms with Gasteiger partial charge in [0.25, 0.3) is 0 Å². The average Bonchev–Trinajstić information content (AvgIpc) is 2.36. The molecule has 0 aliphatic carbocycles. The number of sulfone groups is 1. The van der Waals surface area contributed by atoms with Gasteiger partial charge in [-0.1, -0.05) is 19.1 Å². The standard InChI is InChI=1S/C12H18O4S/c1-4-10(13)9(2)17(14,15)12-8-6-5-7-11(12)16-3/h5-10,13H,4H2,1-3H3. The fourth-order valence-corrected chi connectivity index (χ4v) is 3.30. The van der Waals surface area contributed by atoms with Crippen molar-refractivity contribution in [2.24, 2.45) is 0 Å². The van der Waals surface area contributed by atoms with E-state index in [4.69, 9.17) is 4.74 Å². The minimum Gasteiger partial charge on any atom is -0.495 e. The molecular formula is C12H18O4S. The fraction of sp³-hybridized carbons (Fsp3) is 0.500. The lowest BCUT2D eigenvalue weighted by Gasteiger charge is -2.19. The third kappa shape index (κ3) is 2.79. The third-order valence-corrected chi connectivity index (χ3v) is 5.07. The van der Waals surface area contributed by atoms with Crippen LogP contribution in [0.5, 0.6) is 5.75 Å². The minimum absolute atomic E-state index is 0.127. The molecule has 0 saturated carbocycles. The zero-order valence-corrected chi connectivity index (χ0v) is 11.1. The molecule has 0 aromatic heterocycles. The van der Waals surface area contributed by atoms with Crippen LogP contribution >= 0.6 is 0 Å². The SMILES string of the molecule is CCC(O)C(C)S(=O)(=O)c1ccccc1OC. The number of benzene rings is 1. The number of hydrogen-bond acceptors (Lipinski definition) is 4. The zero-order chi connectivity index (χ0) is 13.1. The van der Waals surface area contributed by atoms with Gasteiger partial charge < -0.3 is 9.84 Å². The van der Waals surface area contributed by atoms with Gasteiger partial charge in [-0.3, -0.25) is 0 Å². The van der Waals surface area contributed by atoms with Crippen molar-refractivity contribution in [3.05, 3.63) is 24.3 Å². The predicted molar refractivity (Wildman–Crippen MR) is 65.9 cm³/mol. The van der Waals surface area contributed by atoms with Crippen LogP contribution in [0.4, 0.5) is 0 Å². The van der Waals surface area contributed by atoms with Crippen molar-refractivity contribution in [1.82, 2.24) is 0 Å². The second-order valence-electron chi connectivity index (χ2n) is 3.88. The second-order valence-corrected chi connectivity index (χ2v) is 6.15. The molecule has 2 atom stereocenters. The van der Waals surface area contributed by atoms with Crippen LogP contribution in [0.15, 0.2) is 29.2 Å². The largest absolute Gasteiger partial charge is 0.495 e. The Morgan fingerprint density at radius 1 is 1.35 bits per heavy atom. The first-order valence-electron chi connectivity index (χ1n) is 5.50. The molecule has 0 saturated heterocycles. The first kappa shape index (κ1) is 14.0. The Hall–Kier alpha value is -1.07. The highest BCUT2D eigenvalue weighted by atomic mass is 32.2. The molecule has 0 aliphatic heterocycles. The Bertz CT molecular complexity index is 467. The molecule has 4 nitrogen and oxygen atoms in total. The second kappa shape index (κ2) is 5.51. The highest BCUT2D eigenvalue weighted by molar-refractivity contribution is 7.92. The lowest BCUT2D eigenvalue weighted by atomic mass is 10.2. The molecule has 0 amide bonds. The highest BCUT2D eigenvalue weighted by Gasteiger charge is 2.30. The van der Waals surface area contributed by atoms with Crippen molar-refractivity contribution in [2.75, 3.05) is 7.11 Å². The van der Waals surface area contributed by atoms with Crippen LogP contribution in [0.2, 0.25) is 0 Å². The summed E-state index contributed by atoms with van der Waals surface area (Å²) in [5.41, 5.74) is 0. The summed E-state index contributed by atoms with van der Waals surface area (Å²) in [6.45, 7) is 3.26. The summed E-state index contributed by atoms with van der Waals surface area (Å²) in [7, 11) is -2.14. The highest BCUT2D eigenvalue weighted by Crippen LogP contribution is 2.28. The molecule has 1 rings (SSSR count). The van der Waals surface area contributed by atoms with Crippen LogP contribution in [0, 0.1) is 0 Å². The summed E-state index contributed by atoms with van der Waals surface area (Å²) < 4.78 is 29.6. The first-order chi connectivity index (χ1) is 7.95. The molecule has 1 aromatic carbocycles. The number of ether oxygens (including phenoxy) is 1. The minimum atomic E-state index is -3.57. The molecule has 1 aromatic rings. The summed E-state index contributed by atoms with van der Waals surface area (Å²) in [4.78, 5) is 0.127. The number of aliphatic hydroxyl groups is 1. The molecule has 17 heavy (non-hydrogen) atoms. The van der Waals surface area contributed by atoms with Crippen LogP contribution in [0.3, 0.4) is 0 Å². The zero-order valence-electron chi connectivity index (χ0n) is 10.3. The fourth-order valence-electron chi connectivity index (χ4n) is 1.59. The van der Waals surface area contributed by atoms with E-state index in [1.54, 1.807) is 25.1 Å². The number of aliphatic hydroxyl groups excluding tert-OH is 1. The Labute approximate surface area is 102 Å². The van der Waals surface area contributed by atoms with E-state index in [1.165, 1.54) is 20.1 Å². The van der Waals surface area contributed by atoms with Gasteiger partial charge in [-0.05, 0) is 25.5 Å². The molecular weight excluding hydrogens is 240 g/mol. The normalized spacial score (nSPS) is 15.3. The van der Waals surface area contributed by atoms with Crippen LogP contribution in [-0.4, -0.2) is 32.0 Å². The lowest BCUT2D eigenvalue weighted by Crippen LogP contribution is -2.31. The van der Waals surface area contributed by atoms with Crippen molar-refractivity contribution in [3.63, 3.8) is 0 Å². The summed E-state index contributed by atoms with van der Waals surface area (Å²) in [5.74, 6) is 0.308. The summed E-state index contributed by atoms with van der Waals surface area (Å²) in [5, 5.41) is 8.82. The molecule has 0 bridgehead atoms. The Morgan fingerprint density at radius 2 is 1.94 bits per heavy atom. The number of hydrogen-bond donors (Lipinski definition) is 1. The number of rotatable bonds is 5. The molecule has 0 spiro atoms. The van der Waals surface area contributed by atoms with Gasteiger partial charge in [0.1, 0.15) is 10.6 Å². The molecule has 0 fully saturated rings. The predicted octanol–water partition coefficient (Wildman–Crippen LogP) is 1.63. The molecule has 2 unspecified atom stereocenters. The van der Waals surface area contributed by atoms with Crippen molar-refractivity contribution < 1.29 is 18.3 Å². The van der Waals surface area contributed by atoms with E-state index >= 15 is 0 Å². The van der Waals surface area contributed by atoms with Crippen molar-refractivity contribution in [1.29, 1.82) is 0 Å². The van der Waals surface area contributed by atoms with Crippen LogP contribution in [-0.2, 0) is 9.84 Å². The van der Waals surface area contributed by atoms with Gasteiger partial charge in [0.2, 0.25) is 0 Å². The van der Waals surface area contributed by atoms with Gasteiger partial charge in [-0.25, -0.2) is 8.42 Å². The topological polar surface area (TPSA) is 63.6 Å². The van der Waals surface area contributed by atoms with E-state index in [-0.39, 0.29) is 4.90 Å².